The monoisotopic (exact) mass is 1150 g/mol. The molecule has 18 heteroatoms. The number of imidazole rings is 5. The normalized spacial score (nSPS) is 18.8. The van der Waals surface area contributed by atoms with Crippen LogP contribution in [0.4, 0.5) is 0 Å². The molecule has 6 aromatic heterocycles. The zero-order valence-electron chi connectivity index (χ0n) is 47.0. The molecule has 6 aromatic rings. The third kappa shape index (κ3) is 17.8. The number of amidine groups is 2. The van der Waals surface area contributed by atoms with E-state index < -0.39 is 0 Å². The van der Waals surface area contributed by atoms with E-state index in [1.165, 1.54) is 208 Å². The largest absolute Gasteiger partial charge is 0.358 e. The van der Waals surface area contributed by atoms with E-state index in [4.69, 9.17) is 0 Å². The van der Waals surface area contributed by atoms with Crippen molar-refractivity contribution in [2.24, 2.45) is 31.1 Å². The first kappa shape index (κ1) is 72.6. The molecule has 10 aliphatic rings. The average Bonchev–Trinajstić information content (AvgIpc) is 4.25. The molecular weight excluding hydrogens is 1040 g/mol. The second kappa shape index (κ2) is 34.3. The van der Waals surface area contributed by atoms with Crippen LogP contribution in [0, 0.1) is 20.8 Å². The Morgan fingerprint density at radius 2 is 1.11 bits per heavy atom. The highest BCUT2D eigenvalue weighted by molar-refractivity contribution is 7.99. The molecule has 0 radical (unpaired) electrons. The van der Waals surface area contributed by atoms with Crippen LogP contribution in [-0.4, -0.2) is 142 Å². The van der Waals surface area contributed by atoms with Crippen molar-refractivity contribution in [2.45, 2.75) is 233 Å². The van der Waals surface area contributed by atoms with Gasteiger partial charge in [-0.25, -0.2) is 24.9 Å². The predicted molar refractivity (Wildman–Crippen MR) is 349 cm³/mol. The predicted octanol–water partition coefficient (Wildman–Crippen LogP) is 12.4. The zero-order chi connectivity index (χ0) is 52.4. The summed E-state index contributed by atoms with van der Waals surface area (Å²) in [6, 6.07) is 1.63. The molecule has 14 heterocycles. The lowest BCUT2D eigenvalue weighted by Crippen LogP contribution is -2.37. The fraction of sp³-hybridized carbons (Fsp3) is 0.688. The Morgan fingerprint density at radius 1 is 0.488 bits per heavy atom. The van der Waals surface area contributed by atoms with Gasteiger partial charge < -0.3 is 37.5 Å². The van der Waals surface area contributed by atoms with Crippen LogP contribution in [-0.2, 0) is 92.3 Å². The Bertz CT molecular complexity index is 2560. The van der Waals surface area contributed by atoms with Gasteiger partial charge in [-0.15, -0.1) is 0 Å². The number of likely N-dealkylation sites (N-methyl/N-ethyl adjacent to an activating group) is 1. The molecule has 2 saturated heterocycles. The van der Waals surface area contributed by atoms with Crippen molar-refractivity contribution < 1.29 is 0 Å². The first-order valence-corrected chi connectivity index (χ1v) is 29.3. The molecule has 0 N–H and O–H groups in total. The van der Waals surface area contributed by atoms with Gasteiger partial charge in [-0.2, -0.15) is 5.10 Å². The molecule has 0 saturated carbocycles. The van der Waals surface area contributed by atoms with Crippen LogP contribution in [0.1, 0.15) is 186 Å². The van der Waals surface area contributed by atoms with Gasteiger partial charge in [-0.3, -0.25) is 14.7 Å². The molecule has 2 unspecified atom stereocenters. The molecule has 8 aliphatic heterocycles. The van der Waals surface area contributed by atoms with Gasteiger partial charge in [0.05, 0.1) is 48.5 Å². The zero-order valence-corrected chi connectivity index (χ0v) is 47.8. The smallest absolute Gasteiger partial charge is 0.168 e. The van der Waals surface area contributed by atoms with Crippen molar-refractivity contribution in [1.29, 1.82) is 0 Å². The number of aryl methyl sites for hydroxylation is 10. The van der Waals surface area contributed by atoms with E-state index in [1.54, 1.807) is 0 Å². The van der Waals surface area contributed by atoms with Crippen LogP contribution in [0.3, 0.4) is 0 Å². The minimum Gasteiger partial charge on any atom is -0.358 e. The molecule has 462 valence electrons. The highest BCUT2D eigenvalue weighted by Gasteiger charge is 2.29. The third-order valence-electron chi connectivity index (χ3n) is 16.6. The topological polar surface area (TPSA) is 141 Å². The van der Waals surface area contributed by atoms with E-state index in [2.05, 4.69) is 133 Å². The van der Waals surface area contributed by atoms with Crippen LogP contribution in [0.2, 0.25) is 0 Å². The van der Waals surface area contributed by atoms with Crippen LogP contribution in [0.5, 0.6) is 0 Å². The molecule has 2 atom stereocenters. The van der Waals surface area contributed by atoms with Crippen LogP contribution >= 0.6 is 11.8 Å². The summed E-state index contributed by atoms with van der Waals surface area (Å²) in [5.41, 5.74) is 12.3. The molecule has 0 aromatic carbocycles. The standard InChI is InChI=1S/C8H13N3.C8H14N2.2C7H10N2.C7H12N2.2C7H10N2.C6H8N2S.7CH4/c1-10-4-3-8-7(5-10)9-6-11(8)2;1-7-9-5-4-8-3-2-6-10(7)8;1-9-5-8-6-3-2-4-7(6)9;1-9-7-4-2-3-6(7)5-8-9;2*1-6-8-5-7-3-2-4-9(6)7;1-6-5-8-7-3-2-4-9(6)7;1-5-4-7-6-8(5)2-3-9-6;;;;;;;/h6H,3-5H2,1-2H3;8H,2-6H2,1H3;2*5H,2-4H2,1H3;7H,2-5H2,1H3;2*5H,2-4H2,1H3;4H,2-3H2,1H3;7*1H4. The Balaban J connectivity index is 0.000000316. The van der Waals surface area contributed by atoms with Gasteiger partial charge >= 0.3 is 0 Å². The molecule has 2 aliphatic carbocycles. The molecular formula is C64H115N17S. The number of aromatic nitrogens is 12. The number of thioether (sulfide) groups is 1. The van der Waals surface area contributed by atoms with Crippen molar-refractivity contribution in [1.82, 2.24) is 72.2 Å². The molecule has 17 nitrogen and oxygen atoms in total. The quantitative estimate of drug-likeness (QED) is 0.144. The van der Waals surface area contributed by atoms with Crippen molar-refractivity contribution in [3.05, 3.63) is 100 Å². The van der Waals surface area contributed by atoms with Gasteiger partial charge in [0.2, 0.25) is 0 Å². The van der Waals surface area contributed by atoms with Crippen LogP contribution < -0.4 is 0 Å². The van der Waals surface area contributed by atoms with Gasteiger partial charge in [-0.05, 0) is 137 Å². The Hall–Kier alpha value is -5.49. The second-order valence-electron chi connectivity index (χ2n) is 21.8. The third-order valence-corrected chi connectivity index (χ3v) is 17.6. The van der Waals surface area contributed by atoms with Gasteiger partial charge in [0, 0.05) is 157 Å². The Kier molecular flexibility index (Phi) is 30.4. The lowest BCUT2D eigenvalue weighted by molar-refractivity contribution is 0.305. The second-order valence-corrected chi connectivity index (χ2v) is 22.9. The average molecular weight is 1150 g/mol. The van der Waals surface area contributed by atoms with E-state index in [1.807, 2.05) is 60.9 Å². The summed E-state index contributed by atoms with van der Waals surface area (Å²) in [7, 11) is 8.29. The SMILES string of the molecule is C.C.C.C.C.C.C.CC1=NCC2CCCN12.CC1=NCCC2CCCN12.CN1CCc2c(ncn2C)C1.Cc1cnc2n1CCC2.Cc1cnc2n1CCS2.Cc1ncc2n1CCC2.Cn1cnc2c1CCC2.Cn1ncc2c1CCC2. The lowest BCUT2D eigenvalue weighted by Gasteiger charge is -2.29. The summed E-state index contributed by atoms with van der Waals surface area (Å²) in [5, 5.41) is 5.34. The summed E-state index contributed by atoms with van der Waals surface area (Å²) in [4.78, 5) is 37.2. The van der Waals surface area contributed by atoms with Crippen LogP contribution in [0.25, 0.3) is 0 Å². The van der Waals surface area contributed by atoms with Crippen molar-refractivity contribution in [3.63, 3.8) is 0 Å². The van der Waals surface area contributed by atoms with Gasteiger partial charge in [0.25, 0.3) is 0 Å². The maximum absolute atomic E-state index is 4.42. The summed E-state index contributed by atoms with van der Waals surface area (Å²) in [5.74, 6) is 6.17. The van der Waals surface area contributed by atoms with Gasteiger partial charge in [0.1, 0.15) is 11.6 Å². The molecule has 0 bridgehead atoms. The minimum atomic E-state index is 0. The lowest BCUT2D eigenvalue weighted by atomic mass is 10.1. The molecule has 82 heavy (non-hydrogen) atoms. The Labute approximate surface area is 503 Å². The maximum atomic E-state index is 4.42. The Morgan fingerprint density at radius 3 is 1.78 bits per heavy atom. The fourth-order valence-corrected chi connectivity index (χ4v) is 13.2. The van der Waals surface area contributed by atoms with Gasteiger partial charge in [0.15, 0.2) is 5.16 Å². The summed E-state index contributed by atoms with van der Waals surface area (Å²) < 4.78 is 13.1. The van der Waals surface area contributed by atoms with Crippen molar-refractivity contribution in [3.8, 4) is 0 Å². The van der Waals surface area contributed by atoms with E-state index in [-0.39, 0.29) is 52.0 Å². The number of nitrogens with zero attached hydrogens (tertiary/aromatic N) is 17. The molecule has 0 spiro atoms. The molecule has 2 fully saturated rings. The minimum absolute atomic E-state index is 0. The first-order valence-electron chi connectivity index (χ1n) is 28.3. The first-order chi connectivity index (χ1) is 36.4. The van der Waals surface area contributed by atoms with E-state index in [0.29, 0.717) is 0 Å². The molecule has 0 amide bonds. The van der Waals surface area contributed by atoms with E-state index in [9.17, 15) is 0 Å². The summed E-state index contributed by atoms with van der Waals surface area (Å²) in [6.07, 6.45) is 32.1. The van der Waals surface area contributed by atoms with E-state index in [0.717, 1.165) is 51.2 Å². The van der Waals surface area contributed by atoms with Crippen molar-refractivity contribution >= 4 is 23.4 Å². The number of aliphatic imine (C=N–C) groups is 2. The van der Waals surface area contributed by atoms with E-state index >= 15 is 0 Å². The van der Waals surface area contributed by atoms with Gasteiger partial charge in [-0.1, -0.05) is 63.7 Å². The number of hydrogen-bond acceptors (Lipinski definition) is 12. The number of fused-ring (bicyclic) bond motifs is 8. The highest BCUT2D eigenvalue weighted by atomic mass is 32.2. The van der Waals surface area contributed by atoms with Crippen LogP contribution in [0.15, 0.2) is 52.6 Å². The number of hydrogen-bond donors (Lipinski definition) is 0. The summed E-state index contributed by atoms with van der Waals surface area (Å²) >= 11 is 1.84. The number of rotatable bonds is 0. The summed E-state index contributed by atoms with van der Waals surface area (Å²) in [6.45, 7) is 20.8. The fourth-order valence-electron chi connectivity index (χ4n) is 12.2. The molecule has 16 rings (SSSR count). The highest BCUT2D eigenvalue weighted by Crippen LogP contribution is 2.26. The van der Waals surface area contributed by atoms with Crippen molar-refractivity contribution in [2.75, 3.05) is 45.5 Å². The maximum Gasteiger partial charge on any atom is 0.168 e.